The second-order valence-corrected chi connectivity index (χ2v) is 5.91. The van der Waals surface area contributed by atoms with Crippen molar-refractivity contribution in [1.82, 2.24) is 14.5 Å². The number of nitrogens with one attached hydrogen (secondary N) is 1. The van der Waals surface area contributed by atoms with Crippen LogP contribution in [-0.2, 0) is 21.4 Å². The molecule has 7 nitrogen and oxygen atoms in total. The maximum absolute atomic E-state index is 11.4. The van der Waals surface area contributed by atoms with Gasteiger partial charge in [-0.2, -0.15) is 5.10 Å². The molecule has 0 saturated carbocycles. The Morgan fingerprint density at radius 2 is 2.00 bits per heavy atom. The predicted molar refractivity (Wildman–Crippen MR) is 71.8 cm³/mol. The van der Waals surface area contributed by atoms with Crippen LogP contribution in [0.4, 0.5) is 0 Å². The minimum absolute atomic E-state index is 0.00243. The van der Waals surface area contributed by atoms with Crippen molar-refractivity contribution >= 4 is 16.0 Å². The highest BCUT2D eigenvalue weighted by atomic mass is 32.2. The lowest BCUT2D eigenvalue weighted by Gasteiger charge is -2.02. The summed E-state index contributed by atoms with van der Waals surface area (Å²) in [6, 6.07) is 9.35. The van der Waals surface area contributed by atoms with Gasteiger partial charge in [-0.3, -0.25) is 4.79 Å². The van der Waals surface area contributed by atoms with Crippen molar-refractivity contribution in [2.75, 3.05) is 5.75 Å². The van der Waals surface area contributed by atoms with E-state index in [1.54, 1.807) is 10.9 Å². The van der Waals surface area contributed by atoms with Crippen molar-refractivity contribution in [2.45, 2.75) is 6.54 Å². The van der Waals surface area contributed by atoms with Crippen LogP contribution in [-0.4, -0.2) is 35.0 Å². The van der Waals surface area contributed by atoms with Gasteiger partial charge in [-0.25, -0.2) is 17.8 Å². The smallest absolute Gasteiger partial charge is 0.320 e. The number of carbonyl (C=O) groups is 1. The Balaban J connectivity index is 2.02. The molecular weight excluding hydrogens is 282 g/mol. The summed E-state index contributed by atoms with van der Waals surface area (Å²) in [5.41, 5.74) is 1.50. The van der Waals surface area contributed by atoms with Crippen LogP contribution in [0.2, 0.25) is 0 Å². The Hall–Kier alpha value is -2.19. The first-order chi connectivity index (χ1) is 9.46. The summed E-state index contributed by atoms with van der Waals surface area (Å²) in [6.07, 6.45) is 3.20. The van der Waals surface area contributed by atoms with Crippen LogP contribution in [0.5, 0.6) is 0 Å². The highest BCUT2D eigenvalue weighted by molar-refractivity contribution is 7.90. The Bertz CT molecular complexity index is 695. The molecule has 0 aliphatic heterocycles. The zero-order chi connectivity index (χ0) is 14.6. The largest absolute Gasteiger partial charge is 0.480 e. The van der Waals surface area contributed by atoms with Gasteiger partial charge in [-0.1, -0.05) is 18.2 Å². The van der Waals surface area contributed by atoms with E-state index in [1.165, 1.54) is 6.20 Å². The first-order valence-corrected chi connectivity index (χ1v) is 7.39. The van der Waals surface area contributed by atoms with E-state index in [9.17, 15) is 13.2 Å². The molecule has 20 heavy (non-hydrogen) atoms. The highest BCUT2D eigenvalue weighted by Crippen LogP contribution is 2.07. The van der Waals surface area contributed by atoms with E-state index in [2.05, 4.69) is 9.82 Å². The lowest BCUT2D eigenvalue weighted by molar-refractivity contribution is -0.134. The number of hydrogen-bond donors (Lipinski definition) is 2. The maximum Gasteiger partial charge on any atom is 0.320 e. The topological polar surface area (TPSA) is 101 Å². The van der Waals surface area contributed by atoms with Gasteiger partial charge in [-0.05, 0) is 12.1 Å². The van der Waals surface area contributed by atoms with Gasteiger partial charge in [-0.15, -0.1) is 0 Å². The average Bonchev–Trinajstić information content (AvgIpc) is 2.85. The van der Waals surface area contributed by atoms with Crippen LogP contribution >= 0.6 is 0 Å². The first-order valence-electron chi connectivity index (χ1n) is 5.74. The Morgan fingerprint density at radius 3 is 2.65 bits per heavy atom. The number of rotatable bonds is 6. The number of benzene rings is 1. The predicted octanol–water partition coefficient (Wildman–Crippen LogP) is 0.376. The van der Waals surface area contributed by atoms with Crippen molar-refractivity contribution in [3.63, 3.8) is 0 Å². The Morgan fingerprint density at radius 1 is 1.30 bits per heavy atom. The minimum atomic E-state index is -3.82. The molecule has 0 aliphatic rings. The maximum atomic E-state index is 11.4. The third-order valence-electron chi connectivity index (χ3n) is 2.47. The lowest BCUT2D eigenvalue weighted by atomic mass is 10.3. The zero-order valence-electron chi connectivity index (χ0n) is 10.4. The van der Waals surface area contributed by atoms with Crippen LogP contribution in [0, 0.1) is 0 Å². The van der Waals surface area contributed by atoms with Crippen molar-refractivity contribution in [1.29, 1.82) is 0 Å². The number of aromatic nitrogens is 2. The van der Waals surface area contributed by atoms with Crippen molar-refractivity contribution < 1.29 is 18.3 Å². The fourth-order valence-electron chi connectivity index (χ4n) is 1.58. The normalized spacial score (nSPS) is 11.4. The molecule has 1 aromatic carbocycles. The van der Waals surface area contributed by atoms with E-state index in [0.717, 1.165) is 5.69 Å². The molecule has 1 heterocycles. The van der Waals surface area contributed by atoms with Crippen LogP contribution < -0.4 is 4.72 Å². The molecule has 1 aromatic heterocycles. The first kappa shape index (κ1) is 14.2. The van der Waals surface area contributed by atoms with E-state index in [1.807, 2.05) is 30.3 Å². The minimum Gasteiger partial charge on any atom is -0.480 e. The molecule has 0 bridgehead atoms. The average molecular weight is 295 g/mol. The molecule has 106 valence electrons. The zero-order valence-corrected chi connectivity index (χ0v) is 11.2. The fourth-order valence-corrected chi connectivity index (χ4v) is 2.39. The van der Waals surface area contributed by atoms with Crippen molar-refractivity contribution in [2.24, 2.45) is 0 Å². The molecule has 2 rings (SSSR count). The quantitative estimate of drug-likeness (QED) is 0.802. The number of hydrogen-bond acceptors (Lipinski definition) is 4. The van der Waals surface area contributed by atoms with Gasteiger partial charge in [0.05, 0.1) is 11.9 Å². The molecule has 8 heteroatoms. The summed E-state index contributed by atoms with van der Waals surface area (Å²) in [6.45, 7) is 0.00243. The lowest BCUT2D eigenvalue weighted by Crippen LogP contribution is -2.29. The highest BCUT2D eigenvalue weighted by Gasteiger charge is 2.15. The molecular formula is C12H13N3O4S. The molecule has 0 saturated heterocycles. The molecule has 0 spiro atoms. The number of carboxylic acid groups (broad SMARTS) is 1. The summed E-state index contributed by atoms with van der Waals surface area (Å²) < 4.78 is 26.6. The van der Waals surface area contributed by atoms with Gasteiger partial charge >= 0.3 is 5.97 Å². The Labute approximate surface area is 115 Å². The third-order valence-corrected chi connectivity index (χ3v) is 3.68. The van der Waals surface area contributed by atoms with Crippen LogP contribution in [0.25, 0.3) is 5.69 Å². The van der Waals surface area contributed by atoms with E-state index in [4.69, 9.17) is 5.11 Å². The van der Waals surface area contributed by atoms with Gasteiger partial charge in [0, 0.05) is 18.3 Å². The van der Waals surface area contributed by atoms with Crippen LogP contribution in [0.15, 0.2) is 42.7 Å². The second-order valence-electron chi connectivity index (χ2n) is 4.10. The van der Waals surface area contributed by atoms with E-state index in [0.29, 0.717) is 5.56 Å². The second kappa shape index (κ2) is 5.85. The van der Waals surface area contributed by atoms with E-state index < -0.39 is 21.7 Å². The third kappa shape index (κ3) is 3.90. The monoisotopic (exact) mass is 295 g/mol. The molecule has 0 aliphatic carbocycles. The van der Waals surface area contributed by atoms with Gasteiger partial charge in [0.25, 0.3) is 0 Å². The van der Waals surface area contributed by atoms with Crippen molar-refractivity contribution in [3.05, 3.63) is 48.3 Å². The number of sulfonamides is 1. The number of aliphatic carboxylic acids is 1. The molecule has 2 N–H and O–H groups in total. The van der Waals surface area contributed by atoms with Gasteiger partial charge < -0.3 is 5.11 Å². The molecule has 0 fully saturated rings. The van der Waals surface area contributed by atoms with Crippen LogP contribution in [0.3, 0.4) is 0 Å². The number of para-hydroxylation sites is 1. The van der Waals surface area contributed by atoms with Gasteiger partial charge in [0.15, 0.2) is 5.75 Å². The van der Waals surface area contributed by atoms with Crippen molar-refractivity contribution in [3.8, 4) is 5.69 Å². The molecule has 0 unspecified atom stereocenters. The summed E-state index contributed by atoms with van der Waals surface area (Å²) >= 11 is 0. The van der Waals surface area contributed by atoms with Gasteiger partial charge in [0.1, 0.15) is 0 Å². The fraction of sp³-hybridized carbons (Fsp3) is 0.167. The molecule has 0 atom stereocenters. The van der Waals surface area contributed by atoms with E-state index >= 15 is 0 Å². The molecule has 0 amide bonds. The van der Waals surface area contributed by atoms with Gasteiger partial charge in [0.2, 0.25) is 10.0 Å². The Kier molecular flexibility index (Phi) is 4.16. The number of carboxylic acids is 1. The summed E-state index contributed by atoms with van der Waals surface area (Å²) in [7, 11) is -3.82. The molecule has 2 aromatic rings. The summed E-state index contributed by atoms with van der Waals surface area (Å²) in [4.78, 5) is 10.4. The summed E-state index contributed by atoms with van der Waals surface area (Å²) in [5.74, 6) is -2.34. The standard InChI is InChI=1S/C12H13N3O4S/c16-12(17)9-20(18,19)14-7-10-6-13-15(8-10)11-4-2-1-3-5-11/h1-6,8,14H,7,9H2,(H,16,17). The number of nitrogens with zero attached hydrogens (tertiary/aromatic N) is 2. The SMILES string of the molecule is O=C(O)CS(=O)(=O)NCc1cnn(-c2ccccc2)c1. The van der Waals surface area contributed by atoms with Crippen LogP contribution in [0.1, 0.15) is 5.56 Å². The molecule has 0 radical (unpaired) electrons. The summed E-state index contributed by atoms with van der Waals surface area (Å²) in [5, 5.41) is 12.6. The van der Waals surface area contributed by atoms with E-state index in [-0.39, 0.29) is 6.54 Å².